The summed E-state index contributed by atoms with van der Waals surface area (Å²) in [7, 11) is 0. The van der Waals surface area contributed by atoms with E-state index in [1.165, 1.54) is 6.07 Å². The molecule has 0 saturated heterocycles. The SMILES string of the molecule is CC.CCc1nc(-c2cccc(C(F)(F)F)c2)oc1C(C)C. The van der Waals surface area contributed by atoms with Gasteiger partial charge in [0.05, 0.1) is 11.3 Å². The molecule has 0 fully saturated rings. The largest absolute Gasteiger partial charge is 0.441 e. The van der Waals surface area contributed by atoms with Crippen LogP contribution in [0.25, 0.3) is 11.5 Å². The fourth-order valence-corrected chi connectivity index (χ4v) is 2.02. The lowest BCUT2D eigenvalue weighted by Crippen LogP contribution is -2.04. The second-order valence-corrected chi connectivity index (χ2v) is 4.92. The number of halogens is 3. The zero-order valence-corrected chi connectivity index (χ0v) is 13.6. The molecule has 2 aromatic rings. The van der Waals surface area contributed by atoms with Gasteiger partial charge in [0.1, 0.15) is 5.76 Å². The van der Waals surface area contributed by atoms with Crippen LogP contribution in [0.15, 0.2) is 28.7 Å². The summed E-state index contributed by atoms with van der Waals surface area (Å²) in [5.41, 5.74) is 0.450. The van der Waals surface area contributed by atoms with Crippen molar-refractivity contribution in [2.75, 3.05) is 0 Å². The first-order valence-corrected chi connectivity index (χ1v) is 7.50. The number of aromatic nitrogens is 1. The Labute approximate surface area is 129 Å². The maximum Gasteiger partial charge on any atom is 0.416 e. The molecule has 1 heterocycles. The maximum atomic E-state index is 12.7. The van der Waals surface area contributed by atoms with Gasteiger partial charge in [0.25, 0.3) is 0 Å². The Morgan fingerprint density at radius 2 is 1.82 bits per heavy atom. The van der Waals surface area contributed by atoms with E-state index in [0.717, 1.165) is 23.6 Å². The van der Waals surface area contributed by atoms with Crippen molar-refractivity contribution in [1.82, 2.24) is 4.98 Å². The number of hydrogen-bond acceptors (Lipinski definition) is 2. The van der Waals surface area contributed by atoms with Crippen molar-refractivity contribution in [3.63, 3.8) is 0 Å². The van der Waals surface area contributed by atoms with Gasteiger partial charge in [-0.1, -0.05) is 40.7 Å². The molecule has 0 N–H and O–H groups in total. The first-order chi connectivity index (χ1) is 10.3. The molecule has 0 amide bonds. The van der Waals surface area contributed by atoms with Crippen LogP contribution in [-0.4, -0.2) is 4.98 Å². The van der Waals surface area contributed by atoms with Crippen LogP contribution in [0.3, 0.4) is 0 Å². The van der Waals surface area contributed by atoms with Crippen LogP contribution in [0.5, 0.6) is 0 Å². The van der Waals surface area contributed by atoms with Crippen LogP contribution < -0.4 is 0 Å². The normalized spacial score (nSPS) is 11.3. The molecule has 22 heavy (non-hydrogen) atoms. The summed E-state index contributed by atoms with van der Waals surface area (Å²) in [5, 5.41) is 0. The Morgan fingerprint density at radius 3 is 2.27 bits per heavy atom. The fraction of sp³-hybridized carbons (Fsp3) is 0.471. The van der Waals surface area contributed by atoms with Crippen molar-refractivity contribution in [3.05, 3.63) is 41.3 Å². The lowest BCUT2D eigenvalue weighted by atomic mass is 10.1. The van der Waals surface area contributed by atoms with Gasteiger partial charge in [-0.3, -0.25) is 0 Å². The number of hydrogen-bond donors (Lipinski definition) is 0. The standard InChI is InChI=1S/C15H16F3NO.C2H6/c1-4-12-13(9(2)3)20-14(19-12)10-6-5-7-11(8-10)15(16,17)18;1-2/h5-9H,4H2,1-3H3;1-2H3. The molecule has 0 saturated carbocycles. The van der Waals surface area contributed by atoms with E-state index in [2.05, 4.69) is 4.98 Å². The Kier molecular flexibility index (Phi) is 6.21. The number of aryl methyl sites for hydroxylation is 1. The van der Waals surface area contributed by atoms with Gasteiger partial charge >= 0.3 is 6.18 Å². The molecule has 0 aliphatic carbocycles. The molecule has 0 radical (unpaired) electrons. The highest BCUT2D eigenvalue weighted by atomic mass is 19.4. The number of oxazole rings is 1. The van der Waals surface area contributed by atoms with Crippen LogP contribution in [0.4, 0.5) is 13.2 Å². The summed E-state index contributed by atoms with van der Waals surface area (Å²) in [6, 6.07) is 5.04. The molecule has 0 aliphatic rings. The van der Waals surface area contributed by atoms with Crippen LogP contribution in [0, 0.1) is 0 Å². The molecule has 2 nitrogen and oxygen atoms in total. The smallest absolute Gasteiger partial charge is 0.416 e. The minimum absolute atomic E-state index is 0.150. The van der Waals surface area contributed by atoms with Crippen molar-refractivity contribution in [1.29, 1.82) is 0 Å². The molecule has 0 atom stereocenters. The molecule has 0 aliphatic heterocycles. The summed E-state index contributed by atoms with van der Waals surface area (Å²) in [6.07, 6.45) is -3.67. The average Bonchev–Trinajstić information content (AvgIpc) is 2.93. The van der Waals surface area contributed by atoms with Crippen molar-refractivity contribution in [2.24, 2.45) is 0 Å². The van der Waals surface area contributed by atoms with Crippen LogP contribution in [0.1, 0.15) is 57.6 Å². The lowest BCUT2D eigenvalue weighted by Gasteiger charge is -2.06. The Hall–Kier alpha value is -1.78. The quantitative estimate of drug-likeness (QED) is 0.687. The fourth-order valence-electron chi connectivity index (χ4n) is 2.02. The first kappa shape index (κ1) is 18.3. The van der Waals surface area contributed by atoms with E-state index in [4.69, 9.17) is 4.42 Å². The summed E-state index contributed by atoms with van der Waals surface area (Å²) in [6.45, 7) is 9.88. The molecule has 122 valence electrons. The van der Waals surface area contributed by atoms with Crippen LogP contribution in [0.2, 0.25) is 0 Å². The summed E-state index contributed by atoms with van der Waals surface area (Å²) in [5.74, 6) is 1.13. The highest BCUT2D eigenvalue weighted by molar-refractivity contribution is 5.55. The van der Waals surface area contributed by atoms with Gasteiger partial charge in [0, 0.05) is 11.5 Å². The van der Waals surface area contributed by atoms with Gasteiger partial charge in [-0.25, -0.2) is 4.98 Å². The van der Waals surface area contributed by atoms with E-state index in [9.17, 15) is 13.2 Å². The molecule has 2 rings (SSSR count). The minimum Gasteiger partial charge on any atom is -0.441 e. The molecule has 5 heteroatoms. The van der Waals surface area contributed by atoms with E-state index in [1.807, 2.05) is 34.6 Å². The first-order valence-electron chi connectivity index (χ1n) is 7.50. The molecule has 1 aromatic heterocycles. The predicted octanol–water partition coefficient (Wildman–Crippen LogP) is 6.07. The average molecular weight is 313 g/mol. The van der Waals surface area contributed by atoms with Crippen LogP contribution in [-0.2, 0) is 12.6 Å². The summed E-state index contributed by atoms with van der Waals surface area (Å²) in [4.78, 5) is 4.31. The topological polar surface area (TPSA) is 26.0 Å². The summed E-state index contributed by atoms with van der Waals surface area (Å²) < 4.78 is 43.8. The number of rotatable bonds is 3. The molecule has 0 unspecified atom stereocenters. The van der Waals surface area contributed by atoms with Crippen molar-refractivity contribution in [3.8, 4) is 11.5 Å². The van der Waals surface area contributed by atoms with E-state index >= 15 is 0 Å². The number of nitrogens with zero attached hydrogens (tertiary/aromatic N) is 1. The third kappa shape index (κ3) is 4.12. The van der Waals surface area contributed by atoms with E-state index in [1.54, 1.807) is 6.07 Å². The van der Waals surface area contributed by atoms with E-state index in [-0.39, 0.29) is 11.8 Å². The number of alkyl halides is 3. The maximum absolute atomic E-state index is 12.7. The molecular formula is C17H22F3NO. The molecule has 0 spiro atoms. The van der Waals surface area contributed by atoms with Gasteiger partial charge in [0.15, 0.2) is 0 Å². The second-order valence-electron chi connectivity index (χ2n) is 4.92. The van der Waals surface area contributed by atoms with Crippen molar-refractivity contribution < 1.29 is 17.6 Å². The highest BCUT2D eigenvalue weighted by Crippen LogP contribution is 2.33. The van der Waals surface area contributed by atoms with Gasteiger partial charge in [-0.2, -0.15) is 13.2 Å². The van der Waals surface area contributed by atoms with E-state index in [0.29, 0.717) is 12.0 Å². The third-order valence-corrected chi connectivity index (χ3v) is 3.02. The van der Waals surface area contributed by atoms with Gasteiger partial charge < -0.3 is 4.42 Å². The molecule has 1 aromatic carbocycles. The predicted molar refractivity (Wildman–Crippen MR) is 81.8 cm³/mol. The number of benzene rings is 1. The molecule has 0 bridgehead atoms. The van der Waals surface area contributed by atoms with Gasteiger partial charge in [-0.15, -0.1) is 0 Å². The highest BCUT2D eigenvalue weighted by Gasteiger charge is 2.31. The Balaban J connectivity index is 0.00000116. The van der Waals surface area contributed by atoms with Crippen molar-refractivity contribution in [2.45, 2.75) is 53.1 Å². The Bertz CT molecular complexity index is 600. The zero-order valence-electron chi connectivity index (χ0n) is 13.6. The monoisotopic (exact) mass is 313 g/mol. The van der Waals surface area contributed by atoms with Crippen molar-refractivity contribution >= 4 is 0 Å². The zero-order chi connectivity index (χ0) is 16.9. The Morgan fingerprint density at radius 1 is 1.18 bits per heavy atom. The molecular weight excluding hydrogens is 291 g/mol. The second kappa shape index (κ2) is 7.47. The van der Waals surface area contributed by atoms with E-state index < -0.39 is 11.7 Å². The minimum atomic E-state index is -4.36. The van der Waals surface area contributed by atoms with Crippen LogP contribution >= 0.6 is 0 Å². The van der Waals surface area contributed by atoms with Gasteiger partial charge in [-0.05, 0) is 24.6 Å². The third-order valence-electron chi connectivity index (χ3n) is 3.02. The van der Waals surface area contributed by atoms with Gasteiger partial charge in [0.2, 0.25) is 5.89 Å². The lowest BCUT2D eigenvalue weighted by molar-refractivity contribution is -0.137. The summed E-state index contributed by atoms with van der Waals surface area (Å²) >= 11 is 0.